The number of nitrogens with zero attached hydrogens (tertiary/aromatic N) is 1. The van der Waals surface area contributed by atoms with Crippen molar-refractivity contribution in [2.45, 2.75) is 13.0 Å². The van der Waals surface area contributed by atoms with E-state index >= 15 is 0 Å². The van der Waals surface area contributed by atoms with Gasteiger partial charge in [-0.3, -0.25) is 0 Å². The van der Waals surface area contributed by atoms with Gasteiger partial charge in [0.2, 0.25) is 0 Å². The molecule has 0 heterocycles. The fourth-order valence-electron chi connectivity index (χ4n) is 1.97. The van der Waals surface area contributed by atoms with Crippen LogP contribution in [0.5, 0.6) is 5.75 Å². The second-order valence-electron chi connectivity index (χ2n) is 4.47. The lowest BCUT2D eigenvalue weighted by Gasteiger charge is -2.12. The number of hydrogen-bond donors (Lipinski definition) is 1. The van der Waals surface area contributed by atoms with Gasteiger partial charge in [-0.1, -0.05) is 23.7 Å². The summed E-state index contributed by atoms with van der Waals surface area (Å²) < 4.78 is 19.0. The molecule has 108 valence electrons. The van der Waals surface area contributed by atoms with Crippen LogP contribution in [0.15, 0.2) is 36.4 Å². The summed E-state index contributed by atoms with van der Waals surface area (Å²) in [6.45, 7) is 0.697. The van der Waals surface area contributed by atoms with Crippen molar-refractivity contribution in [1.82, 2.24) is 0 Å². The van der Waals surface area contributed by atoms with E-state index in [4.69, 9.17) is 27.3 Å². The Hall–Kier alpha value is -2.09. The van der Waals surface area contributed by atoms with Crippen LogP contribution in [0.25, 0.3) is 0 Å². The molecule has 0 aromatic heterocycles. The molecule has 2 rings (SSSR count). The average Bonchev–Trinajstić information content (AvgIpc) is 2.49. The molecule has 2 aromatic rings. The van der Waals surface area contributed by atoms with Crippen LogP contribution in [0.4, 0.5) is 4.39 Å². The van der Waals surface area contributed by atoms with Gasteiger partial charge in [0.05, 0.1) is 5.56 Å². The third-order valence-corrected chi connectivity index (χ3v) is 3.37. The van der Waals surface area contributed by atoms with E-state index in [-0.39, 0.29) is 12.2 Å². The zero-order valence-corrected chi connectivity index (χ0v) is 12.0. The van der Waals surface area contributed by atoms with Crippen molar-refractivity contribution in [3.8, 4) is 11.8 Å². The molecule has 0 saturated carbocycles. The van der Waals surface area contributed by atoms with Gasteiger partial charge < -0.3 is 10.5 Å². The number of ether oxygens (including phenoxy) is 1. The lowest BCUT2D eigenvalue weighted by atomic mass is 10.1. The van der Waals surface area contributed by atoms with Crippen LogP contribution in [0, 0.1) is 17.1 Å². The molecule has 2 aromatic carbocycles. The van der Waals surface area contributed by atoms with Gasteiger partial charge in [-0.2, -0.15) is 5.26 Å². The molecule has 3 nitrogen and oxygen atoms in total. The summed E-state index contributed by atoms with van der Waals surface area (Å²) in [5, 5.41) is 9.42. The zero-order chi connectivity index (χ0) is 15.2. The molecule has 0 aliphatic rings. The minimum atomic E-state index is -0.534. The SMILES string of the molecule is N#Cc1cc(COc2cccc(Cl)c2CCN)ccc1F. The zero-order valence-electron chi connectivity index (χ0n) is 11.3. The van der Waals surface area contributed by atoms with Crippen molar-refractivity contribution < 1.29 is 9.13 Å². The average molecular weight is 305 g/mol. The summed E-state index contributed by atoms with van der Waals surface area (Å²) in [5.41, 5.74) is 7.14. The van der Waals surface area contributed by atoms with E-state index < -0.39 is 5.82 Å². The van der Waals surface area contributed by atoms with Crippen LogP contribution in [0.3, 0.4) is 0 Å². The van der Waals surface area contributed by atoms with E-state index in [9.17, 15) is 4.39 Å². The molecule has 0 spiro atoms. The van der Waals surface area contributed by atoms with Gasteiger partial charge in [0.1, 0.15) is 24.2 Å². The lowest BCUT2D eigenvalue weighted by molar-refractivity contribution is 0.303. The molecule has 21 heavy (non-hydrogen) atoms. The molecule has 0 bridgehead atoms. The van der Waals surface area contributed by atoms with E-state index in [2.05, 4.69) is 0 Å². The van der Waals surface area contributed by atoms with Gasteiger partial charge in [0, 0.05) is 10.6 Å². The Labute approximate surface area is 127 Å². The summed E-state index contributed by atoms with van der Waals surface area (Å²) in [4.78, 5) is 0. The molecule has 0 unspecified atom stereocenters. The fourth-order valence-corrected chi connectivity index (χ4v) is 2.23. The predicted octanol–water partition coefficient (Wildman–Crippen LogP) is 3.43. The van der Waals surface area contributed by atoms with Crippen molar-refractivity contribution in [3.05, 3.63) is 63.9 Å². The molecule has 0 fully saturated rings. The monoisotopic (exact) mass is 304 g/mol. The summed E-state index contributed by atoms with van der Waals surface area (Å²) in [6.07, 6.45) is 0.613. The van der Waals surface area contributed by atoms with Crippen LogP contribution in [-0.2, 0) is 13.0 Å². The maximum atomic E-state index is 13.3. The first-order chi connectivity index (χ1) is 10.2. The molecule has 5 heteroatoms. The highest BCUT2D eigenvalue weighted by molar-refractivity contribution is 6.31. The fraction of sp³-hybridized carbons (Fsp3) is 0.188. The topological polar surface area (TPSA) is 59.0 Å². The first kappa shape index (κ1) is 15.3. The first-order valence-electron chi connectivity index (χ1n) is 6.44. The molecule has 0 amide bonds. The second kappa shape index (κ2) is 7.07. The molecule has 2 N–H and O–H groups in total. The number of nitriles is 1. The smallest absolute Gasteiger partial charge is 0.140 e. The van der Waals surface area contributed by atoms with E-state index in [1.165, 1.54) is 12.1 Å². The van der Waals surface area contributed by atoms with Crippen LogP contribution >= 0.6 is 11.6 Å². The number of benzene rings is 2. The summed E-state index contributed by atoms with van der Waals surface area (Å²) in [5.74, 6) is 0.114. The van der Waals surface area contributed by atoms with Gasteiger partial charge in [-0.05, 0) is 42.8 Å². The van der Waals surface area contributed by atoms with Crippen molar-refractivity contribution in [3.63, 3.8) is 0 Å². The van der Waals surface area contributed by atoms with Gasteiger partial charge in [-0.25, -0.2) is 4.39 Å². The van der Waals surface area contributed by atoms with Crippen molar-refractivity contribution >= 4 is 11.6 Å². The maximum Gasteiger partial charge on any atom is 0.140 e. The van der Waals surface area contributed by atoms with Gasteiger partial charge in [0.25, 0.3) is 0 Å². The number of rotatable bonds is 5. The Morgan fingerprint density at radius 3 is 2.81 bits per heavy atom. The molecule has 0 saturated heterocycles. The lowest BCUT2D eigenvalue weighted by Crippen LogP contribution is -2.06. The van der Waals surface area contributed by atoms with Crippen LogP contribution < -0.4 is 10.5 Å². The Morgan fingerprint density at radius 2 is 2.10 bits per heavy atom. The van der Waals surface area contributed by atoms with E-state index in [0.29, 0.717) is 29.3 Å². The summed E-state index contributed by atoms with van der Waals surface area (Å²) in [7, 11) is 0. The minimum absolute atomic E-state index is 0.00405. The number of nitrogens with two attached hydrogens (primary N) is 1. The highest BCUT2D eigenvalue weighted by Gasteiger charge is 2.09. The molecule has 0 aliphatic heterocycles. The Kier molecular flexibility index (Phi) is 5.15. The Balaban J connectivity index is 2.17. The molecule has 0 aliphatic carbocycles. The maximum absolute atomic E-state index is 13.3. The number of halogens is 2. The largest absolute Gasteiger partial charge is 0.489 e. The van der Waals surface area contributed by atoms with Gasteiger partial charge in [0.15, 0.2) is 0 Å². The first-order valence-corrected chi connectivity index (χ1v) is 6.82. The van der Waals surface area contributed by atoms with Crippen LogP contribution in [-0.4, -0.2) is 6.54 Å². The second-order valence-corrected chi connectivity index (χ2v) is 4.88. The Morgan fingerprint density at radius 1 is 1.29 bits per heavy atom. The van der Waals surface area contributed by atoms with Crippen molar-refractivity contribution in [1.29, 1.82) is 5.26 Å². The van der Waals surface area contributed by atoms with Gasteiger partial charge >= 0.3 is 0 Å². The highest BCUT2D eigenvalue weighted by Crippen LogP contribution is 2.27. The van der Waals surface area contributed by atoms with Gasteiger partial charge in [-0.15, -0.1) is 0 Å². The highest BCUT2D eigenvalue weighted by atomic mass is 35.5. The minimum Gasteiger partial charge on any atom is -0.489 e. The summed E-state index contributed by atoms with van der Waals surface area (Å²) in [6, 6.07) is 11.5. The van der Waals surface area contributed by atoms with Crippen molar-refractivity contribution in [2.75, 3.05) is 6.54 Å². The third-order valence-electron chi connectivity index (χ3n) is 3.02. The van der Waals surface area contributed by atoms with Crippen LogP contribution in [0.2, 0.25) is 5.02 Å². The molecule has 0 radical (unpaired) electrons. The van der Waals surface area contributed by atoms with E-state index in [1.54, 1.807) is 24.3 Å². The van der Waals surface area contributed by atoms with E-state index in [0.717, 1.165) is 5.56 Å². The Bertz CT molecular complexity index is 682. The standard InChI is InChI=1S/C16H14ClFN2O/c17-14-2-1-3-16(13(14)6-7-19)21-10-11-4-5-15(18)12(8-11)9-20/h1-5,8H,6-7,10,19H2. The quantitative estimate of drug-likeness (QED) is 0.920. The molecular formula is C16H14ClFN2O. The third kappa shape index (κ3) is 3.72. The number of hydrogen-bond acceptors (Lipinski definition) is 3. The predicted molar refractivity (Wildman–Crippen MR) is 79.7 cm³/mol. The normalized spacial score (nSPS) is 10.2. The summed E-state index contributed by atoms with van der Waals surface area (Å²) >= 11 is 6.13. The van der Waals surface area contributed by atoms with Crippen molar-refractivity contribution in [2.24, 2.45) is 5.73 Å². The van der Waals surface area contributed by atoms with E-state index in [1.807, 2.05) is 6.07 Å². The molecule has 0 atom stereocenters. The van der Waals surface area contributed by atoms with Crippen LogP contribution in [0.1, 0.15) is 16.7 Å². The molecular weight excluding hydrogens is 291 g/mol.